The number of aromatic nitrogens is 2. The summed E-state index contributed by atoms with van der Waals surface area (Å²) in [7, 11) is 0. The molecule has 0 fully saturated rings. The maximum absolute atomic E-state index is 12.5. The maximum atomic E-state index is 12.5. The summed E-state index contributed by atoms with van der Waals surface area (Å²) in [6, 6.07) is 10.5. The van der Waals surface area contributed by atoms with Gasteiger partial charge in [-0.1, -0.05) is 26.0 Å². The molecular weight excluding hydrogens is 278 g/mol. The van der Waals surface area contributed by atoms with E-state index >= 15 is 0 Å². The smallest absolute Gasteiger partial charge is 0.265 e. The van der Waals surface area contributed by atoms with Crippen LogP contribution in [-0.2, 0) is 0 Å². The summed E-state index contributed by atoms with van der Waals surface area (Å²) in [6.07, 6.45) is 1.64. The first-order valence-corrected chi connectivity index (χ1v) is 7.26. The molecule has 0 saturated heterocycles. The fourth-order valence-corrected chi connectivity index (χ4v) is 2.34. The number of pyridine rings is 1. The third kappa shape index (κ3) is 2.45. The summed E-state index contributed by atoms with van der Waals surface area (Å²) in [5, 5.41) is 3.41. The molecule has 1 aromatic carbocycles. The van der Waals surface area contributed by atoms with Gasteiger partial charge in [0.15, 0.2) is 5.65 Å². The Hall–Kier alpha value is -2.69. The lowest BCUT2D eigenvalue weighted by atomic mass is 10.2. The Labute approximate surface area is 127 Å². The minimum absolute atomic E-state index is 0.167. The first-order chi connectivity index (χ1) is 10.6. The first kappa shape index (κ1) is 14.3. The summed E-state index contributed by atoms with van der Waals surface area (Å²) >= 11 is 0. The van der Waals surface area contributed by atoms with Crippen LogP contribution in [-0.4, -0.2) is 21.8 Å². The van der Waals surface area contributed by atoms with E-state index < -0.39 is 0 Å². The van der Waals surface area contributed by atoms with E-state index in [1.807, 2.05) is 19.9 Å². The zero-order chi connectivity index (χ0) is 15.7. The van der Waals surface area contributed by atoms with Crippen LogP contribution in [0.5, 0.6) is 0 Å². The molecule has 112 valence electrons. The number of hydrogen-bond donors (Lipinski definition) is 1. The highest BCUT2D eigenvalue weighted by molar-refractivity contribution is 6.00. The number of para-hydroxylation sites is 1. The van der Waals surface area contributed by atoms with Gasteiger partial charge in [0.1, 0.15) is 0 Å². The molecule has 1 amide bonds. The van der Waals surface area contributed by atoms with E-state index in [-0.39, 0.29) is 11.5 Å². The van der Waals surface area contributed by atoms with Gasteiger partial charge in [-0.05, 0) is 30.2 Å². The summed E-state index contributed by atoms with van der Waals surface area (Å²) in [6.45, 7) is 4.64. The van der Waals surface area contributed by atoms with E-state index in [9.17, 15) is 9.59 Å². The molecule has 2 heterocycles. The van der Waals surface area contributed by atoms with Gasteiger partial charge in [-0.25, -0.2) is 4.98 Å². The van der Waals surface area contributed by atoms with Crippen molar-refractivity contribution in [2.24, 2.45) is 5.92 Å². The highest BCUT2D eigenvalue weighted by Crippen LogP contribution is 2.12. The number of carbonyl (C=O) groups excluding carboxylic acids is 1. The molecule has 0 saturated carbocycles. The van der Waals surface area contributed by atoms with E-state index in [1.165, 1.54) is 4.40 Å². The second kappa shape index (κ2) is 5.60. The van der Waals surface area contributed by atoms with Crippen LogP contribution in [0.25, 0.3) is 16.6 Å². The Kier molecular flexibility index (Phi) is 3.63. The molecule has 2 aromatic heterocycles. The van der Waals surface area contributed by atoms with E-state index in [1.54, 1.807) is 36.5 Å². The first-order valence-electron chi connectivity index (χ1n) is 7.26. The molecule has 0 atom stereocenters. The van der Waals surface area contributed by atoms with Gasteiger partial charge in [0, 0.05) is 12.7 Å². The zero-order valence-corrected chi connectivity index (χ0v) is 12.5. The SMILES string of the molecule is CC(C)CNC(=O)c1cccn2c(=O)c3ccccc3nc12. The Morgan fingerprint density at radius 2 is 2.00 bits per heavy atom. The van der Waals surface area contributed by atoms with Gasteiger partial charge in [-0.15, -0.1) is 0 Å². The third-order valence-electron chi connectivity index (χ3n) is 3.46. The zero-order valence-electron chi connectivity index (χ0n) is 12.5. The lowest BCUT2D eigenvalue weighted by molar-refractivity contribution is 0.0950. The van der Waals surface area contributed by atoms with Gasteiger partial charge < -0.3 is 5.32 Å². The fraction of sp³-hybridized carbons (Fsp3) is 0.235. The molecule has 0 radical (unpaired) electrons. The topological polar surface area (TPSA) is 63.5 Å². The molecule has 0 unspecified atom stereocenters. The molecule has 3 rings (SSSR count). The quantitative estimate of drug-likeness (QED) is 0.754. The van der Waals surface area contributed by atoms with Crippen molar-refractivity contribution in [1.29, 1.82) is 0 Å². The van der Waals surface area contributed by atoms with Gasteiger partial charge in [-0.2, -0.15) is 0 Å². The van der Waals surface area contributed by atoms with E-state index in [4.69, 9.17) is 0 Å². The minimum Gasteiger partial charge on any atom is -0.352 e. The van der Waals surface area contributed by atoms with Crippen molar-refractivity contribution < 1.29 is 4.79 Å². The molecule has 5 heteroatoms. The predicted octanol–water partition coefficient (Wildman–Crippen LogP) is 2.23. The van der Waals surface area contributed by atoms with Gasteiger partial charge in [-0.3, -0.25) is 14.0 Å². The van der Waals surface area contributed by atoms with E-state index in [2.05, 4.69) is 10.3 Å². The molecule has 0 aliphatic rings. The van der Waals surface area contributed by atoms with Gasteiger partial charge in [0.2, 0.25) is 0 Å². The number of nitrogens with zero attached hydrogens (tertiary/aromatic N) is 2. The Morgan fingerprint density at radius 3 is 2.77 bits per heavy atom. The lowest BCUT2D eigenvalue weighted by Gasteiger charge is -2.10. The largest absolute Gasteiger partial charge is 0.352 e. The van der Waals surface area contributed by atoms with Crippen molar-refractivity contribution in [3.05, 3.63) is 58.5 Å². The summed E-state index contributed by atoms with van der Waals surface area (Å²) in [5.41, 5.74) is 1.22. The average molecular weight is 295 g/mol. The molecule has 5 nitrogen and oxygen atoms in total. The van der Waals surface area contributed by atoms with Crippen LogP contribution in [0.3, 0.4) is 0 Å². The number of nitrogens with one attached hydrogen (secondary N) is 1. The third-order valence-corrected chi connectivity index (χ3v) is 3.46. The number of amides is 1. The van der Waals surface area contributed by atoms with Gasteiger partial charge in [0.05, 0.1) is 16.5 Å². The number of fused-ring (bicyclic) bond motifs is 2. The van der Waals surface area contributed by atoms with Crippen molar-refractivity contribution in [3.8, 4) is 0 Å². The standard InChI is InChI=1S/C17H17N3O2/c1-11(2)10-18-16(21)13-7-5-9-20-15(13)19-14-8-4-3-6-12(14)17(20)22/h3-9,11H,10H2,1-2H3,(H,18,21). The van der Waals surface area contributed by atoms with Crippen molar-refractivity contribution in [1.82, 2.24) is 14.7 Å². The summed E-state index contributed by atoms with van der Waals surface area (Å²) in [4.78, 5) is 29.4. The fourth-order valence-electron chi connectivity index (χ4n) is 2.34. The Balaban J connectivity index is 2.20. The number of carbonyl (C=O) groups is 1. The Bertz CT molecular complexity index is 913. The van der Waals surface area contributed by atoms with Crippen molar-refractivity contribution in [3.63, 3.8) is 0 Å². The number of hydrogen-bond acceptors (Lipinski definition) is 3. The second-order valence-electron chi connectivity index (χ2n) is 5.65. The molecule has 22 heavy (non-hydrogen) atoms. The molecule has 0 aliphatic heterocycles. The highest BCUT2D eigenvalue weighted by atomic mass is 16.1. The van der Waals surface area contributed by atoms with Crippen LogP contribution in [0.2, 0.25) is 0 Å². The highest BCUT2D eigenvalue weighted by Gasteiger charge is 2.14. The molecule has 0 bridgehead atoms. The van der Waals surface area contributed by atoms with E-state index in [0.29, 0.717) is 34.6 Å². The summed E-state index contributed by atoms with van der Waals surface area (Å²) < 4.78 is 1.42. The maximum Gasteiger partial charge on any atom is 0.265 e. The normalized spacial score (nSPS) is 11.2. The molecular formula is C17H17N3O2. The molecule has 0 aliphatic carbocycles. The van der Waals surface area contributed by atoms with Crippen molar-refractivity contribution in [2.75, 3.05) is 6.54 Å². The second-order valence-corrected chi connectivity index (χ2v) is 5.65. The number of benzene rings is 1. The average Bonchev–Trinajstić information content (AvgIpc) is 2.52. The van der Waals surface area contributed by atoms with Crippen LogP contribution in [0, 0.1) is 5.92 Å². The Morgan fingerprint density at radius 1 is 1.23 bits per heavy atom. The molecule has 3 aromatic rings. The van der Waals surface area contributed by atoms with Crippen molar-refractivity contribution in [2.45, 2.75) is 13.8 Å². The van der Waals surface area contributed by atoms with Crippen LogP contribution in [0.4, 0.5) is 0 Å². The van der Waals surface area contributed by atoms with Gasteiger partial charge in [0.25, 0.3) is 11.5 Å². The minimum atomic E-state index is -0.214. The van der Waals surface area contributed by atoms with Gasteiger partial charge >= 0.3 is 0 Å². The number of rotatable bonds is 3. The van der Waals surface area contributed by atoms with Crippen LogP contribution in [0.1, 0.15) is 24.2 Å². The molecule has 0 spiro atoms. The lowest BCUT2D eigenvalue weighted by Crippen LogP contribution is -2.28. The molecule has 1 N–H and O–H groups in total. The monoisotopic (exact) mass is 295 g/mol. The van der Waals surface area contributed by atoms with E-state index in [0.717, 1.165) is 0 Å². The van der Waals surface area contributed by atoms with Crippen LogP contribution in [0.15, 0.2) is 47.4 Å². The summed E-state index contributed by atoms with van der Waals surface area (Å²) in [5.74, 6) is 0.143. The predicted molar refractivity (Wildman–Crippen MR) is 86.1 cm³/mol. The van der Waals surface area contributed by atoms with Crippen LogP contribution < -0.4 is 10.9 Å². The van der Waals surface area contributed by atoms with Crippen LogP contribution >= 0.6 is 0 Å². The van der Waals surface area contributed by atoms with Crippen molar-refractivity contribution >= 4 is 22.5 Å².